The van der Waals surface area contributed by atoms with Crippen molar-refractivity contribution in [2.45, 2.75) is 128 Å². The van der Waals surface area contributed by atoms with Crippen LogP contribution in [0.3, 0.4) is 0 Å². The number of quaternary nitrogens is 2. The minimum atomic E-state index is -4.75. The standard InChI is InChI=1S/C55H84BF2N9O13S2/c1-62(32-15-9-12-26-53(71)80-65-51(69)29-30-52(65)70)33-31-59-54(72)45(24-13-16-34-66(2,3)4)61-55(73)46(25-14-17-35-67(5,6)7)60-50(68)28-27-44-38-42(22-18-36-81(74,75)76)48-40-49-43(23-19-37-82(77,78)79)39-47(41-20-10-8-11-21-41)64(49)56(57,58)63(44)48/h8,10-11,20-21,38-40,45-46H,9,12-19,22-37H2,1-7H3,(H3-2,59,60,61,68,72,73,74,75,76,77,78,79)/p+2. The first kappa shape index (κ1) is 67.1. The Morgan fingerprint density at radius 3 is 1.90 bits per heavy atom. The van der Waals surface area contributed by atoms with Crippen LogP contribution < -0.4 is 16.0 Å². The quantitative estimate of drug-likeness (QED) is 0.0213. The van der Waals surface area contributed by atoms with Gasteiger partial charge >= 0.3 is 12.9 Å². The number of nitrogens with one attached hydrogen (secondary N) is 3. The maximum atomic E-state index is 17.7. The second-order valence-corrected chi connectivity index (χ2v) is 26.9. The van der Waals surface area contributed by atoms with E-state index in [1.165, 1.54) is 12.1 Å². The summed E-state index contributed by atoms with van der Waals surface area (Å²) >= 11 is 0. The first-order chi connectivity index (χ1) is 38.3. The second-order valence-electron chi connectivity index (χ2n) is 23.8. The lowest BCUT2D eigenvalue weighted by molar-refractivity contribution is -0.870. The first-order valence-corrected chi connectivity index (χ1v) is 31.6. The number of hydrogen-bond donors (Lipinski definition) is 5. The van der Waals surface area contributed by atoms with Gasteiger partial charge in [0.2, 0.25) is 17.7 Å². The number of amides is 5. The molecule has 4 heterocycles. The number of benzene rings is 1. The van der Waals surface area contributed by atoms with Gasteiger partial charge in [0.15, 0.2) is 11.4 Å². The fourth-order valence-electron chi connectivity index (χ4n) is 10.3. The number of aromatic nitrogens is 1. The van der Waals surface area contributed by atoms with Gasteiger partial charge in [0.1, 0.15) is 12.1 Å². The number of likely N-dealkylation sites (N-methyl/N-ethyl adjacent to an activating group) is 1. The van der Waals surface area contributed by atoms with E-state index in [0.29, 0.717) is 82.3 Å². The number of hydrogen-bond acceptors (Lipinski definition) is 12. The van der Waals surface area contributed by atoms with Crippen molar-refractivity contribution >= 4 is 74.5 Å². The van der Waals surface area contributed by atoms with Gasteiger partial charge in [0, 0.05) is 67.8 Å². The van der Waals surface area contributed by atoms with E-state index in [1.54, 1.807) is 36.4 Å². The molecule has 1 saturated heterocycles. The number of imide groups is 1. The topological polar surface area (TPSA) is 271 Å². The summed E-state index contributed by atoms with van der Waals surface area (Å²) in [5, 5.41) is 9.28. The number of carbonyl (C=O) groups is 6. The summed E-state index contributed by atoms with van der Waals surface area (Å²) in [6.45, 7) is -1.78. The number of hydroxylamine groups is 2. The molecular formula is C55H86BF2N9O13S2+2. The molecule has 1 aromatic carbocycles. The normalized spacial score (nSPS) is 16.2. The lowest BCUT2D eigenvalue weighted by Gasteiger charge is -2.32. The highest BCUT2D eigenvalue weighted by molar-refractivity contribution is 7.86. The van der Waals surface area contributed by atoms with E-state index in [0.717, 1.165) is 34.9 Å². The fraction of sp³-hybridized carbons (Fsp3) is 0.618. The highest BCUT2D eigenvalue weighted by Crippen LogP contribution is 2.40. The molecule has 2 unspecified atom stereocenters. The summed E-state index contributed by atoms with van der Waals surface area (Å²) in [5.74, 6) is -4.53. The van der Waals surface area contributed by atoms with Crippen molar-refractivity contribution in [2.75, 3.05) is 93.6 Å². The Balaban J connectivity index is 1.31. The average Bonchev–Trinajstić information content (AvgIpc) is 2.51. The molecule has 0 saturated carbocycles. The van der Waals surface area contributed by atoms with Crippen molar-refractivity contribution in [1.82, 2.24) is 30.4 Å². The molecule has 3 aliphatic rings. The summed E-state index contributed by atoms with van der Waals surface area (Å²) in [6, 6.07) is 7.90. The van der Waals surface area contributed by atoms with Gasteiger partial charge in [-0.25, -0.2) is 4.79 Å². The van der Waals surface area contributed by atoms with Crippen LogP contribution in [0.15, 0.2) is 53.7 Å². The van der Waals surface area contributed by atoms with Gasteiger partial charge in [-0.1, -0.05) is 24.6 Å². The zero-order valence-corrected chi connectivity index (χ0v) is 50.3. The Bertz CT molecular complexity index is 2920. The maximum absolute atomic E-state index is 17.7. The van der Waals surface area contributed by atoms with Gasteiger partial charge in [-0.15, -0.1) is 5.06 Å². The van der Waals surface area contributed by atoms with E-state index >= 15 is 8.63 Å². The number of unbranched alkanes of at least 4 members (excludes halogenated alkanes) is 4. The van der Waals surface area contributed by atoms with Gasteiger partial charge in [-0.3, -0.25) is 33.1 Å². The van der Waals surface area contributed by atoms with Crippen molar-refractivity contribution in [2.24, 2.45) is 0 Å². The predicted octanol–water partition coefficient (Wildman–Crippen LogP) is 3.87. The Kier molecular flexibility index (Phi) is 24.3. The zero-order valence-electron chi connectivity index (χ0n) is 48.7. The third-order valence-corrected chi connectivity index (χ3v) is 16.1. The van der Waals surface area contributed by atoms with Crippen LogP contribution in [0.1, 0.15) is 125 Å². The lowest BCUT2D eigenvalue weighted by Crippen LogP contribution is -2.54. The largest absolute Gasteiger partial charge is 0.737 e. The van der Waals surface area contributed by atoms with E-state index in [1.807, 2.05) is 33.1 Å². The van der Waals surface area contributed by atoms with E-state index in [-0.39, 0.29) is 93.5 Å². The minimum Gasteiger partial charge on any atom is -0.394 e. The van der Waals surface area contributed by atoms with E-state index in [4.69, 9.17) is 4.84 Å². The highest BCUT2D eigenvalue weighted by atomic mass is 32.2. The number of nitrogens with zero attached hydrogens (tertiary/aromatic N) is 6. The molecule has 456 valence electrons. The second kappa shape index (κ2) is 29.7. The first-order valence-electron chi connectivity index (χ1n) is 28.4. The summed E-state index contributed by atoms with van der Waals surface area (Å²) in [5.41, 5.74) is 1.51. The fourth-order valence-corrected chi connectivity index (χ4v) is 11.3. The van der Waals surface area contributed by atoms with Crippen LogP contribution in [0.25, 0.3) is 6.08 Å². The van der Waals surface area contributed by atoms with Gasteiger partial charge < -0.3 is 52.2 Å². The Labute approximate surface area is 482 Å². The molecule has 1 aromatic heterocycles. The van der Waals surface area contributed by atoms with Crippen LogP contribution in [-0.4, -0.2) is 208 Å². The minimum absolute atomic E-state index is 0.0180. The molecule has 5 amide bonds. The number of aryl methyl sites for hydroxylation is 2. The summed E-state index contributed by atoms with van der Waals surface area (Å²) in [6.07, 6.45) is 7.46. The molecule has 5 N–H and O–H groups in total. The van der Waals surface area contributed by atoms with E-state index in [9.17, 15) is 54.7 Å². The Morgan fingerprint density at radius 1 is 0.732 bits per heavy atom. The van der Waals surface area contributed by atoms with Crippen LogP contribution in [0.4, 0.5) is 8.63 Å². The summed E-state index contributed by atoms with van der Waals surface area (Å²) in [7, 11) is 5.42. The molecule has 2 atom stereocenters. The highest BCUT2D eigenvalue weighted by Gasteiger charge is 2.54. The SMILES string of the molecule is CN(CCCCCC(=O)ON1C(=O)CCC1=O)CCNC(=O)C(CCCC[N+](C)(C)C)NC(=O)C(CCCC[N+](C)(C)C)NC(=O)CCc1cc(CCCS(=O)(=O)O)c2n1[B-](F)(F)[N+]1=C(c3ccccc3)C=C(CCCS(=O)(=O)O)C1=C2. The molecule has 0 bridgehead atoms. The van der Waals surface area contributed by atoms with Crippen molar-refractivity contribution in [3.63, 3.8) is 0 Å². The van der Waals surface area contributed by atoms with Gasteiger partial charge in [-0.2, -0.15) is 16.8 Å². The monoisotopic (exact) mass is 1190 g/mol. The number of halogens is 2. The maximum Gasteiger partial charge on any atom is 0.737 e. The Morgan fingerprint density at radius 2 is 1.32 bits per heavy atom. The summed E-state index contributed by atoms with van der Waals surface area (Å²) in [4.78, 5) is 85.1. The van der Waals surface area contributed by atoms with Gasteiger partial charge in [-0.05, 0) is 127 Å². The molecular weight excluding hydrogens is 1110 g/mol. The third kappa shape index (κ3) is 21.5. The van der Waals surface area contributed by atoms with E-state index < -0.39 is 86.3 Å². The molecule has 0 spiro atoms. The van der Waals surface area contributed by atoms with Crippen LogP contribution in [0.5, 0.6) is 0 Å². The van der Waals surface area contributed by atoms with E-state index in [2.05, 4.69) is 37.1 Å². The molecule has 3 aliphatic heterocycles. The van der Waals surface area contributed by atoms with Crippen LogP contribution >= 0.6 is 0 Å². The van der Waals surface area contributed by atoms with Gasteiger partial charge in [0.25, 0.3) is 32.1 Å². The number of carbonyl (C=O) groups excluding carboxylic acids is 6. The molecule has 22 nitrogen and oxygen atoms in total. The molecule has 2 aromatic rings. The van der Waals surface area contributed by atoms with Crippen LogP contribution in [0, 0.1) is 0 Å². The lowest BCUT2D eigenvalue weighted by atomic mass is 9.88. The smallest absolute Gasteiger partial charge is 0.394 e. The van der Waals surface area contributed by atoms with Crippen molar-refractivity contribution in [3.8, 4) is 0 Å². The molecule has 27 heteroatoms. The molecule has 0 radical (unpaired) electrons. The van der Waals surface area contributed by atoms with Crippen LogP contribution in [-0.2, 0) is 66.7 Å². The number of allylic oxidation sites excluding steroid dienone is 2. The molecule has 1 fully saturated rings. The predicted molar refractivity (Wildman–Crippen MR) is 307 cm³/mol. The molecule has 0 aliphatic carbocycles. The molecule has 82 heavy (non-hydrogen) atoms. The van der Waals surface area contributed by atoms with Crippen LogP contribution in [0.2, 0.25) is 0 Å². The van der Waals surface area contributed by atoms with Crippen molar-refractivity contribution < 1.29 is 81.6 Å². The average molecular weight is 1190 g/mol. The zero-order chi connectivity index (χ0) is 60.6. The van der Waals surface area contributed by atoms with Crippen molar-refractivity contribution in [1.29, 1.82) is 0 Å². The molecule has 5 rings (SSSR count). The summed E-state index contributed by atoms with van der Waals surface area (Å²) < 4.78 is 104. The third-order valence-electron chi connectivity index (χ3n) is 14.5. The number of rotatable bonds is 36. The van der Waals surface area contributed by atoms with Gasteiger partial charge in [0.05, 0.1) is 66.9 Å². The number of fused-ring (bicyclic) bond motifs is 2. The Hall–Kier alpha value is -5.71. The van der Waals surface area contributed by atoms with Crippen molar-refractivity contribution in [3.05, 3.63) is 76.3 Å².